The molecule has 1 aromatic heterocycles. The zero-order valence-electron chi connectivity index (χ0n) is 10.7. The number of amides is 1. The molecular weight excluding hydrogens is 302 g/mol. The van der Waals surface area contributed by atoms with Crippen LogP contribution in [-0.4, -0.2) is 29.3 Å². The van der Waals surface area contributed by atoms with E-state index in [9.17, 15) is 4.79 Å². The number of hydrogen-bond donors (Lipinski definition) is 0. The van der Waals surface area contributed by atoms with Gasteiger partial charge in [-0.2, -0.15) is 4.37 Å². The molecule has 0 radical (unpaired) electrons. The largest absolute Gasteiger partial charge is 0.345 e. The van der Waals surface area contributed by atoms with Crippen LogP contribution in [0.2, 0.25) is 5.15 Å². The molecule has 0 aliphatic carbocycles. The van der Waals surface area contributed by atoms with Crippen molar-refractivity contribution in [2.24, 2.45) is 4.99 Å². The van der Waals surface area contributed by atoms with Crippen molar-refractivity contribution < 1.29 is 4.79 Å². The number of carbonyl (C=O) groups is 1. The molecule has 0 aliphatic heterocycles. The molecule has 0 saturated heterocycles. The second kappa shape index (κ2) is 5.81. The Morgan fingerprint density at radius 2 is 2.16 bits per heavy atom. The molecule has 0 atom stereocenters. The fourth-order valence-corrected chi connectivity index (χ4v) is 3.48. The van der Waals surface area contributed by atoms with Gasteiger partial charge in [0, 0.05) is 24.6 Å². The van der Waals surface area contributed by atoms with Crippen LogP contribution in [-0.2, 0) is 0 Å². The molecule has 0 saturated carbocycles. The predicted molar refractivity (Wildman–Crippen MR) is 79.4 cm³/mol. The minimum atomic E-state index is -0.0771. The number of hydrogen-bond acceptors (Lipinski definition) is 5. The lowest BCUT2D eigenvalue weighted by molar-refractivity contribution is 0.0828. The van der Waals surface area contributed by atoms with E-state index in [2.05, 4.69) is 9.37 Å². The van der Waals surface area contributed by atoms with Crippen LogP contribution in [0.3, 0.4) is 0 Å². The normalized spacial score (nSPS) is 11.7. The van der Waals surface area contributed by atoms with Crippen LogP contribution in [0.15, 0.2) is 23.2 Å². The molecule has 2 aromatic rings. The van der Waals surface area contributed by atoms with Gasteiger partial charge in [0.25, 0.3) is 5.91 Å². The average Bonchev–Trinajstić information content (AvgIpc) is 2.76. The molecular formula is C12H12ClN3OS2. The maximum atomic E-state index is 12.2. The average molecular weight is 314 g/mol. The molecule has 0 unspecified atom stereocenters. The van der Waals surface area contributed by atoms with E-state index >= 15 is 0 Å². The summed E-state index contributed by atoms with van der Waals surface area (Å²) < 4.78 is 4.60. The number of aryl methyl sites for hydroxylation is 1. The highest BCUT2D eigenvalue weighted by molar-refractivity contribution is 7.66. The van der Waals surface area contributed by atoms with Gasteiger partial charge in [0.2, 0.25) is 0 Å². The van der Waals surface area contributed by atoms with Gasteiger partial charge >= 0.3 is 0 Å². The van der Waals surface area contributed by atoms with Crippen LogP contribution >= 0.6 is 32.5 Å². The first kappa shape index (κ1) is 14.2. The molecule has 0 N–H and O–H groups in total. The third kappa shape index (κ3) is 3.20. The van der Waals surface area contributed by atoms with Crippen molar-refractivity contribution in [1.29, 1.82) is 0 Å². The van der Waals surface area contributed by atoms with Crippen LogP contribution in [0.4, 0.5) is 5.69 Å². The number of aromatic nitrogens is 1. The summed E-state index contributed by atoms with van der Waals surface area (Å²) >= 11 is 5.94. The van der Waals surface area contributed by atoms with E-state index in [0.29, 0.717) is 21.1 Å². The molecule has 0 aliphatic rings. The lowest BCUT2D eigenvalue weighted by Gasteiger charge is -2.12. The number of carbonyl (C=O) groups excluding carboxylic acids is 1. The highest BCUT2D eigenvalue weighted by atomic mass is 35.5. The van der Waals surface area contributed by atoms with Gasteiger partial charge in [-0.25, -0.2) is 4.99 Å². The smallest absolute Gasteiger partial charge is 0.255 e. The Balaban J connectivity index is 2.59. The molecule has 2 rings (SSSR count). The summed E-state index contributed by atoms with van der Waals surface area (Å²) in [6, 6.07) is 5.58. The lowest BCUT2D eigenvalue weighted by Crippen LogP contribution is -2.22. The molecule has 4 nitrogen and oxygen atoms in total. The molecule has 1 amide bonds. The molecule has 0 bridgehead atoms. The van der Waals surface area contributed by atoms with Gasteiger partial charge in [0.05, 0.1) is 11.3 Å². The Kier molecular flexibility index (Phi) is 4.34. The number of rotatable bonds is 2. The van der Waals surface area contributed by atoms with E-state index in [-0.39, 0.29) is 5.91 Å². The molecule has 0 fully saturated rings. The number of benzene rings is 1. The Hall–Kier alpha value is -1.24. The Morgan fingerprint density at radius 3 is 2.74 bits per heavy atom. The summed E-state index contributed by atoms with van der Waals surface area (Å²) in [5.74, 6) is -0.0771. The molecule has 1 aromatic carbocycles. The number of halogens is 1. The van der Waals surface area contributed by atoms with E-state index < -0.39 is 0 Å². The Labute approximate surface area is 123 Å². The summed E-state index contributed by atoms with van der Waals surface area (Å²) in [7, 11) is 6.10. The Morgan fingerprint density at radius 1 is 1.42 bits per heavy atom. The van der Waals surface area contributed by atoms with Crippen molar-refractivity contribution >= 4 is 44.1 Å². The van der Waals surface area contributed by atoms with Crippen LogP contribution < -0.4 is 4.67 Å². The van der Waals surface area contributed by atoms with E-state index in [1.54, 1.807) is 14.1 Å². The van der Waals surface area contributed by atoms with Crippen LogP contribution in [0.1, 0.15) is 15.9 Å². The quantitative estimate of drug-likeness (QED) is 0.800. The molecule has 7 heteroatoms. The molecule has 1 heterocycles. The maximum Gasteiger partial charge on any atom is 0.255 e. The second-order valence-electron chi connectivity index (χ2n) is 4.18. The van der Waals surface area contributed by atoms with E-state index in [0.717, 1.165) is 5.56 Å². The second-order valence-corrected chi connectivity index (χ2v) is 6.37. The summed E-state index contributed by atoms with van der Waals surface area (Å²) in [5, 5.41) is 0.374. The highest BCUT2D eigenvalue weighted by Crippen LogP contribution is 2.22. The van der Waals surface area contributed by atoms with Gasteiger partial charge < -0.3 is 4.90 Å². The van der Waals surface area contributed by atoms with Gasteiger partial charge in [-0.1, -0.05) is 23.2 Å². The SMILES string of the molecule is Cc1ccc(N=c2ssnc2Cl)c(C(=O)N(C)C)c1. The van der Waals surface area contributed by atoms with Crippen LogP contribution in [0.25, 0.3) is 0 Å². The van der Waals surface area contributed by atoms with Gasteiger partial charge in [0.1, 0.15) is 0 Å². The van der Waals surface area contributed by atoms with E-state index in [4.69, 9.17) is 11.6 Å². The molecule has 100 valence electrons. The minimum absolute atomic E-state index is 0.0771. The van der Waals surface area contributed by atoms with Gasteiger partial charge in [-0.15, -0.1) is 0 Å². The van der Waals surface area contributed by atoms with Crippen molar-refractivity contribution in [2.75, 3.05) is 14.1 Å². The van der Waals surface area contributed by atoms with Gasteiger partial charge in [0.15, 0.2) is 9.82 Å². The number of nitrogens with zero attached hydrogens (tertiary/aromatic N) is 3. The third-order valence-corrected chi connectivity index (χ3v) is 4.59. The third-order valence-electron chi connectivity index (χ3n) is 2.42. The molecule has 19 heavy (non-hydrogen) atoms. The topological polar surface area (TPSA) is 45.6 Å². The van der Waals surface area contributed by atoms with Crippen LogP contribution in [0, 0.1) is 6.92 Å². The van der Waals surface area contributed by atoms with Crippen molar-refractivity contribution in [2.45, 2.75) is 6.92 Å². The first-order valence-electron chi connectivity index (χ1n) is 5.47. The summed E-state index contributed by atoms with van der Waals surface area (Å²) in [4.78, 5) is 18.1. The van der Waals surface area contributed by atoms with Crippen molar-refractivity contribution in [3.8, 4) is 0 Å². The fourth-order valence-electron chi connectivity index (χ4n) is 1.49. The molecule has 0 spiro atoms. The fraction of sp³-hybridized carbons (Fsp3) is 0.250. The zero-order valence-corrected chi connectivity index (χ0v) is 13.1. The zero-order chi connectivity index (χ0) is 14.0. The monoisotopic (exact) mass is 313 g/mol. The van der Waals surface area contributed by atoms with Crippen molar-refractivity contribution in [3.05, 3.63) is 39.2 Å². The summed E-state index contributed by atoms with van der Waals surface area (Å²) in [6.07, 6.45) is 0. The van der Waals surface area contributed by atoms with E-state index in [1.165, 1.54) is 25.8 Å². The Bertz CT molecular complexity index is 676. The minimum Gasteiger partial charge on any atom is -0.345 e. The van der Waals surface area contributed by atoms with Crippen molar-refractivity contribution in [3.63, 3.8) is 0 Å². The lowest BCUT2D eigenvalue weighted by atomic mass is 10.1. The van der Waals surface area contributed by atoms with Crippen molar-refractivity contribution in [1.82, 2.24) is 9.27 Å². The van der Waals surface area contributed by atoms with Gasteiger partial charge in [-0.3, -0.25) is 4.79 Å². The van der Waals surface area contributed by atoms with Crippen LogP contribution in [0.5, 0.6) is 0 Å². The summed E-state index contributed by atoms with van der Waals surface area (Å²) in [5.41, 5.74) is 2.20. The van der Waals surface area contributed by atoms with E-state index in [1.807, 2.05) is 25.1 Å². The van der Waals surface area contributed by atoms with Gasteiger partial charge in [-0.05, 0) is 29.4 Å². The first-order chi connectivity index (χ1) is 8.99. The maximum absolute atomic E-state index is 12.2. The predicted octanol–water partition coefficient (Wildman–Crippen LogP) is 3.10. The standard InChI is InChI=1S/C12H12ClN3OS2/c1-7-4-5-9(8(6-7)12(17)16(2)3)14-11-10(13)15-19-18-11/h4-6H,1-3H3. The highest BCUT2D eigenvalue weighted by Gasteiger charge is 2.13. The summed E-state index contributed by atoms with van der Waals surface area (Å²) in [6.45, 7) is 1.94. The first-order valence-corrected chi connectivity index (χ1v) is 7.96.